The lowest BCUT2D eigenvalue weighted by atomic mass is 10.0. The maximum atomic E-state index is 13.6. The molecule has 2 atom stereocenters. The lowest BCUT2D eigenvalue weighted by molar-refractivity contribution is 0.180. The topological polar surface area (TPSA) is 55.4 Å². The molecule has 1 aliphatic rings. The lowest BCUT2D eigenvalue weighted by Gasteiger charge is -2.19. The standard InChI is InChI=1S/C12H15ClFNO3S/c1-8(9-5-6-18-7-9)15-19(16,17)12-10(13)3-2-4-11(12)14/h2-4,8-9,15H,5-7H2,1H3/t8-,9-/m1/s1. The molecular weight excluding hydrogens is 293 g/mol. The molecule has 7 heteroatoms. The van der Waals surface area contributed by atoms with E-state index in [0.29, 0.717) is 13.2 Å². The summed E-state index contributed by atoms with van der Waals surface area (Å²) in [6.45, 7) is 2.87. The van der Waals surface area contributed by atoms with Gasteiger partial charge in [-0.2, -0.15) is 0 Å². The third-order valence-corrected chi connectivity index (χ3v) is 5.26. The number of hydrogen-bond acceptors (Lipinski definition) is 3. The minimum absolute atomic E-state index is 0.0975. The quantitative estimate of drug-likeness (QED) is 0.927. The number of ether oxygens (including phenoxy) is 1. The Bertz CT molecular complexity index is 538. The van der Waals surface area contributed by atoms with Gasteiger partial charge in [-0.15, -0.1) is 0 Å². The van der Waals surface area contributed by atoms with Gasteiger partial charge in [0.05, 0.1) is 11.6 Å². The largest absolute Gasteiger partial charge is 0.381 e. The van der Waals surface area contributed by atoms with Crippen LogP contribution < -0.4 is 4.72 Å². The van der Waals surface area contributed by atoms with Gasteiger partial charge < -0.3 is 4.74 Å². The van der Waals surface area contributed by atoms with E-state index in [-0.39, 0.29) is 17.0 Å². The molecule has 0 spiro atoms. The molecule has 0 radical (unpaired) electrons. The van der Waals surface area contributed by atoms with Crippen LogP contribution in [0.1, 0.15) is 13.3 Å². The van der Waals surface area contributed by atoms with Gasteiger partial charge >= 0.3 is 0 Å². The van der Waals surface area contributed by atoms with Crippen molar-refractivity contribution >= 4 is 21.6 Å². The van der Waals surface area contributed by atoms with Crippen LogP contribution in [0.5, 0.6) is 0 Å². The Morgan fingerprint density at radius 3 is 2.84 bits per heavy atom. The first kappa shape index (κ1) is 14.7. The van der Waals surface area contributed by atoms with Crippen molar-refractivity contribution in [3.05, 3.63) is 29.0 Å². The average Bonchev–Trinajstić information content (AvgIpc) is 2.80. The van der Waals surface area contributed by atoms with Crippen molar-refractivity contribution in [2.24, 2.45) is 5.92 Å². The van der Waals surface area contributed by atoms with Gasteiger partial charge in [0.25, 0.3) is 0 Å². The van der Waals surface area contributed by atoms with Crippen LogP contribution in [0.2, 0.25) is 5.02 Å². The molecular formula is C12H15ClFNO3S. The summed E-state index contributed by atoms with van der Waals surface area (Å²) in [5, 5.41) is -0.123. The maximum Gasteiger partial charge on any atom is 0.245 e. The predicted octanol–water partition coefficient (Wildman–Crippen LogP) is 2.18. The van der Waals surface area contributed by atoms with E-state index in [4.69, 9.17) is 16.3 Å². The van der Waals surface area contributed by atoms with Crippen LogP contribution in [0.4, 0.5) is 4.39 Å². The molecule has 0 aliphatic carbocycles. The molecule has 0 unspecified atom stereocenters. The summed E-state index contributed by atoms with van der Waals surface area (Å²) in [4.78, 5) is -0.498. The number of nitrogens with one attached hydrogen (secondary N) is 1. The summed E-state index contributed by atoms with van der Waals surface area (Å²) in [6, 6.07) is 3.46. The van der Waals surface area contributed by atoms with Crippen molar-refractivity contribution in [1.29, 1.82) is 0 Å². The van der Waals surface area contributed by atoms with Crippen LogP contribution in [0.25, 0.3) is 0 Å². The van der Waals surface area contributed by atoms with Crippen molar-refractivity contribution < 1.29 is 17.5 Å². The Labute approximate surface area is 117 Å². The molecule has 4 nitrogen and oxygen atoms in total. The first-order chi connectivity index (χ1) is 8.92. The molecule has 1 heterocycles. The molecule has 2 rings (SSSR count). The fourth-order valence-electron chi connectivity index (χ4n) is 2.09. The second kappa shape index (κ2) is 5.75. The molecule has 1 aromatic rings. The van der Waals surface area contributed by atoms with Crippen LogP contribution in [0, 0.1) is 11.7 Å². The summed E-state index contributed by atoms with van der Waals surface area (Å²) in [7, 11) is -3.97. The van der Waals surface area contributed by atoms with Crippen LogP contribution in [-0.4, -0.2) is 27.7 Å². The van der Waals surface area contributed by atoms with Gasteiger partial charge in [-0.05, 0) is 25.5 Å². The van der Waals surface area contributed by atoms with Gasteiger partial charge in [-0.25, -0.2) is 17.5 Å². The smallest absolute Gasteiger partial charge is 0.245 e. The first-order valence-corrected chi connectivity index (χ1v) is 7.82. The van der Waals surface area contributed by atoms with E-state index >= 15 is 0 Å². The Kier molecular flexibility index (Phi) is 4.45. The molecule has 1 aliphatic heterocycles. The van der Waals surface area contributed by atoms with Crippen molar-refractivity contribution in [3.63, 3.8) is 0 Å². The number of rotatable bonds is 4. The Hall–Kier alpha value is -0.690. The monoisotopic (exact) mass is 307 g/mol. The van der Waals surface area contributed by atoms with E-state index in [1.54, 1.807) is 6.92 Å². The van der Waals surface area contributed by atoms with Crippen LogP contribution in [0.15, 0.2) is 23.1 Å². The second-order valence-electron chi connectivity index (χ2n) is 4.58. The zero-order valence-corrected chi connectivity index (χ0v) is 12.0. The molecule has 106 valence electrons. The number of halogens is 2. The predicted molar refractivity (Wildman–Crippen MR) is 70.1 cm³/mol. The highest BCUT2D eigenvalue weighted by Gasteiger charge is 2.29. The van der Waals surface area contributed by atoms with E-state index in [0.717, 1.165) is 12.5 Å². The first-order valence-electron chi connectivity index (χ1n) is 5.96. The van der Waals surface area contributed by atoms with Crippen molar-refractivity contribution in [3.8, 4) is 0 Å². The molecule has 0 saturated carbocycles. The van der Waals surface area contributed by atoms with E-state index < -0.39 is 20.7 Å². The van der Waals surface area contributed by atoms with Gasteiger partial charge in [0.15, 0.2) is 0 Å². The molecule has 19 heavy (non-hydrogen) atoms. The molecule has 1 saturated heterocycles. The summed E-state index contributed by atoms with van der Waals surface area (Å²) in [5.74, 6) is -0.754. The zero-order chi connectivity index (χ0) is 14.0. The third kappa shape index (κ3) is 3.25. The van der Waals surface area contributed by atoms with E-state index in [1.807, 2.05) is 0 Å². The van der Waals surface area contributed by atoms with E-state index in [2.05, 4.69) is 4.72 Å². The fraction of sp³-hybridized carbons (Fsp3) is 0.500. The molecule has 0 aromatic heterocycles. The van der Waals surface area contributed by atoms with Gasteiger partial charge in [-0.3, -0.25) is 0 Å². The van der Waals surface area contributed by atoms with E-state index in [9.17, 15) is 12.8 Å². The lowest BCUT2D eigenvalue weighted by Crippen LogP contribution is -2.38. The molecule has 1 N–H and O–H groups in total. The minimum atomic E-state index is -3.97. The molecule has 1 aromatic carbocycles. The van der Waals surface area contributed by atoms with Crippen LogP contribution in [0.3, 0.4) is 0 Å². The minimum Gasteiger partial charge on any atom is -0.381 e. The second-order valence-corrected chi connectivity index (χ2v) is 6.64. The van der Waals surface area contributed by atoms with Gasteiger partial charge in [-0.1, -0.05) is 17.7 Å². The average molecular weight is 308 g/mol. The highest BCUT2D eigenvalue weighted by atomic mass is 35.5. The summed E-state index contributed by atoms with van der Waals surface area (Å²) < 4.78 is 45.6. The van der Waals surface area contributed by atoms with Crippen LogP contribution >= 0.6 is 11.6 Å². The molecule has 0 amide bonds. The Morgan fingerprint density at radius 1 is 1.53 bits per heavy atom. The number of sulfonamides is 1. The van der Waals surface area contributed by atoms with E-state index in [1.165, 1.54) is 12.1 Å². The van der Waals surface area contributed by atoms with Crippen molar-refractivity contribution in [1.82, 2.24) is 4.72 Å². The van der Waals surface area contributed by atoms with Crippen molar-refractivity contribution in [2.75, 3.05) is 13.2 Å². The summed E-state index contributed by atoms with van der Waals surface area (Å²) >= 11 is 5.77. The summed E-state index contributed by atoms with van der Waals surface area (Å²) in [5.41, 5.74) is 0. The Balaban J connectivity index is 2.22. The zero-order valence-electron chi connectivity index (χ0n) is 10.4. The summed E-state index contributed by atoms with van der Waals surface area (Å²) in [6.07, 6.45) is 0.786. The number of benzene rings is 1. The Morgan fingerprint density at radius 2 is 2.26 bits per heavy atom. The maximum absolute atomic E-state index is 13.6. The highest BCUT2D eigenvalue weighted by molar-refractivity contribution is 7.89. The SMILES string of the molecule is C[C@@H](NS(=O)(=O)c1c(F)cccc1Cl)[C@@H]1CCOC1. The van der Waals surface area contributed by atoms with Gasteiger partial charge in [0.1, 0.15) is 10.7 Å². The van der Waals surface area contributed by atoms with Crippen molar-refractivity contribution in [2.45, 2.75) is 24.3 Å². The molecule has 1 fully saturated rings. The number of hydrogen-bond donors (Lipinski definition) is 1. The van der Waals surface area contributed by atoms with Gasteiger partial charge in [0, 0.05) is 18.6 Å². The highest BCUT2D eigenvalue weighted by Crippen LogP contribution is 2.25. The molecule has 0 bridgehead atoms. The van der Waals surface area contributed by atoms with Crippen LogP contribution in [-0.2, 0) is 14.8 Å². The normalized spacial score (nSPS) is 21.5. The fourth-order valence-corrected chi connectivity index (χ4v) is 4.00. The van der Waals surface area contributed by atoms with Gasteiger partial charge in [0.2, 0.25) is 10.0 Å². The third-order valence-electron chi connectivity index (χ3n) is 3.20.